The molecule has 2 heterocycles. The molecule has 0 aliphatic carbocycles. The molecule has 1 N–H and O–H groups in total. The number of benzene rings is 2. The second kappa shape index (κ2) is 8.08. The van der Waals surface area contributed by atoms with Gasteiger partial charge in [0.1, 0.15) is 11.6 Å². The normalized spacial score (nSPS) is 18.1. The van der Waals surface area contributed by atoms with E-state index in [0.717, 1.165) is 5.56 Å². The number of aromatic nitrogens is 1. The summed E-state index contributed by atoms with van der Waals surface area (Å²) in [5.41, 5.74) is 1.54. The second-order valence-corrected chi connectivity index (χ2v) is 7.28. The van der Waals surface area contributed by atoms with Crippen molar-refractivity contribution in [3.8, 4) is 0 Å². The third-order valence-electron chi connectivity index (χ3n) is 4.92. The summed E-state index contributed by atoms with van der Waals surface area (Å²) in [6, 6.07) is 14.5. The molecule has 0 radical (unpaired) electrons. The topological polar surface area (TPSA) is 70.5 Å². The summed E-state index contributed by atoms with van der Waals surface area (Å²) in [5, 5.41) is 11.4. The van der Waals surface area contributed by atoms with Crippen LogP contribution in [-0.2, 0) is 16.1 Å². The SMILES string of the molecule is O=C1C(=O)N(Cc2cccnc2)[C@@H](c2ccc(Cl)cc2)C1=C(O)c1ccc(F)cc1. The van der Waals surface area contributed by atoms with E-state index in [1.54, 1.807) is 48.8 Å². The Labute approximate surface area is 177 Å². The van der Waals surface area contributed by atoms with E-state index in [2.05, 4.69) is 4.98 Å². The first-order chi connectivity index (χ1) is 14.5. The molecule has 7 heteroatoms. The number of rotatable bonds is 4. The molecule has 1 aromatic heterocycles. The van der Waals surface area contributed by atoms with Gasteiger partial charge < -0.3 is 10.0 Å². The van der Waals surface area contributed by atoms with Gasteiger partial charge in [0.05, 0.1) is 11.6 Å². The maximum Gasteiger partial charge on any atom is 0.295 e. The van der Waals surface area contributed by atoms with Gasteiger partial charge in [-0.3, -0.25) is 14.6 Å². The minimum absolute atomic E-state index is 0.0576. The van der Waals surface area contributed by atoms with Crippen LogP contribution in [0.4, 0.5) is 4.39 Å². The van der Waals surface area contributed by atoms with E-state index in [1.807, 2.05) is 0 Å². The number of nitrogens with zero attached hydrogens (tertiary/aromatic N) is 2. The fourth-order valence-corrected chi connectivity index (χ4v) is 3.61. The van der Waals surface area contributed by atoms with Crippen molar-refractivity contribution in [2.75, 3.05) is 0 Å². The molecule has 1 saturated heterocycles. The lowest BCUT2D eigenvalue weighted by atomic mass is 9.95. The summed E-state index contributed by atoms with van der Waals surface area (Å²) >= 11 is 6.00. The van der Waals surface area contributed by atoms with Crippen LogP contribution in [0.5, 0.6) is 0 Å². The molecular weight excluding hydrogens is 407 g/mol. The van der Waals surface area contributed by atoms with E-state index < -0.39 is 23.5 Å². The number of Topliss-reactive ketones (excluding diaryl/α,β-unsaturated/α-hetero) is 1. The number of aliphatic hydroxyl groups excluding tert-OH is 1. The molecule has 30 heavy (non-hydrogen) atoms. The molecule has 1 atom stereocenters. The first-order valence-corrected chi connectivity index (χ1v) is 9.52. The average molecular weight is 423 g/mol. The Balaban J connectivity index is 1.85. The predicted octanol–water partition coefficient (Wildman–Crippen LogP) is 4.50. The lowest BCUT2D eigenvalue weighted by Gasteiger charge is -2.25. The molecule has 1 aliphatic rings. The summed E-state index contributed by atoms with van der Waals surface area (Å²) in [6.45, 7) is 0.131. The Morgan fingerprint density at radius 2 is 1.77 bits per heavy atom. The maximum absolute atomic E-state index is 13.3. The smallest absolute Gasteiger partial charge is 0.295 e. The van der Waals surface area contributed by atoms with Crippen LogP contribution in [0.25, 0.3) is 5.76 Å². The van der Waals surface area contributed by atoms with Crippen LogP contribution in [0, 0.1) is 5.82 Å². The van der Waals surface area contributed by atoms with Crippen LogP contribution in [0.2, 0.25) is 5.02 Å². The number of likely N-dealkylation sites (tertiary alicyclic amines) is 1. The lowest BCUT2D eigenvalue weighted by molar-refractivity contribution is -0.140. The first-order valence-electron chi connectivity index (χ1n) is 9.14. The van der Waals surface area contributed by atoms with Gasteiger partial charge in [-0.05, 0) is 53.6 Å². The van der Waals surface area contributed by atoms with E-state index >= 15 is 0 Å². The van der Waals surface area contributed by atoms with Gasteiger partial charge in [-0.25, -0.2) is 4.39 Å². The largest absolute Gasteiger partial charge is 0.507 e. The standard InChI is InChI=1S/C23H16ClFN2O3/c24-17-7-3-15(4-8-17)20-19(21(28)16-5-9-18(25)10-6-16)22(29)23(30)27(20)13-14-2-1-11-26-12-14/h1-12,20,28H,13H2/t20-/m0/s1. The Morgan fingerprint density at radius 1 is 1.07 bits per heavy atom. The molecule has 4 rings (SSSR count). The van der Waals surface area contributed by atoms with Crippen LogP contribution in [0.3, 0.4) is 0 Å². The highest BCUT2D eigenvalue weighted by Crippen LogP contribution is 2.40. The van der Waals surface area contributed by atoms with Gasteiger partial charge in [-0.1, -0.05) is 29.8 Å². The van der Waals surface area contributed by atoms with E-state index in [-0.39, 0.29) is 23.4 Å². The first kappa shape index (κ1) is 19.8. The second-order valence-electron chi connectivity index (χ2n) is 6.85. The maximum atomic E-state index is 13.3. The molecule has 0 bridgehead atoms. The van der Waals surface area contributed by atoms with Crippen molar-refractivity contribution >= 4 is 29.1 Å². The summed E-state index contributed by atoms with van der Waals surface area (Å²) in [6.07, 6.45) is 3.22. The van der Waals surface area contributed by atoms with E-state index in [9.17, 15) is 19.1 Å². The molecule has 1 aliphatic heterocycles. The quantitative estimate of drug-likeness (QED) is 0.382. The van der Waals surface area contributed by atoms with Crippen molar-refractivity contribution in [1.29, 1.82) is 0 Å². The number of ketones is 1. The van der Waals surface area contributed by atoms with Crippen molar-refractivity contribution in [3.05, 3.63) is 106 Å². The third kappa shape index (κ3) is 3.69. The molecule has 150 valence electrons. The number of carbonyl (C=O) groups excluding carboxylic acids is 2. The van der Waals surface area contributed by atoms with E-state index in [4.69, 9.17) is 11.6 Å². The molecule has 1 amide bonds. The molecule has 0 spiro atoms. The summed E-state index contributed by atoms with van der Waals surface area (Å²) in [5.74, 6) is -2.37. The van der Waals surface area contributed by atoms with Gasteiger partial charge in [0.25, 0.3) is 11.7 Å². The van der Waals surface area contributed by atoms with Crippen LogP contribution in [0.1, 0.15) is 22.7 Å². The molecule has 0 unspecified atom stereocenters. The Hall–Kier alpha value is -3.51. The zero-order valence-corrected chi connectivity index (χ0v) is 16.4. The summed E-state index contributed by atoms with van der Waals surface area (Å²) in [4.78, 5) is 31.2. The Kier molecular flexibility index (Phi) is 5.33. The van der Waals surface area contributed by atoms with Gasteiger partial charge in [-0.15, -0.1) is 0 Å². The highest BCUT2D eigenvalue weighted by molar-refractivity contribution is 6.46. The zero-order valence-electron chi connectivity index (χ0n) is 15.6. The van der Waals surface area contributed by atoms with Gasteiger partial charge in [0.2, 0.25) is 0 Å². The van der Waals surface area contributed by atoms with Gasteiger partial charge in [0.15, 0.2) is 0 Å². The molecule has 2 aromatic carbocycles. The average Bonchev–Trinajstić information content (AvgIpc) is 3.00. The van der Waals surface area contributed by atoms with Crippen molar-refractivity contribution < 1.29 is 19.1 Å². The van der Waals surface area contributed by atoms with Crippen LogP contribution >= 0.6 is 11.6 Å². The lowest BCUT2D eigenvalue weighted by Crippen LogP contribution is -2.29. The van der Waals surface area contributed by atoms with E-state index in [0.29, 0.717) is 10.6 Å². The molecule has 1 fully saturated rings. The number of pyridine rings is 1. The predicted molar refractivity (Wildman–Crippen MR) is 110 cm³/mol. The van der Waals surface area contributed by atoms with Crippen molar-refractivity contribution in [3.63, 3.8) is 0 Å². The number of halogens is 2. The van der Waals surface area contributed by atoms with Crippen molar-refractivity contribution in [1.82, 2.24) is 9.88 Å². The minimum Gasteiger partial charge on any atom is -0.507 e. The number of carbonyl (C=O) groups is 2. The van der Waals surface area contributed by atoms with Crippen LogP contribution in [0.15, 0.2) is 78.6 Å². The number of aliphatic hydroxyl groups is 1. The number of hydrogen-bond acceptors (Lipinski definition) is 4. The highest BCUT2D eigenvalue weighted by atomic mass is 35.5. The summed E-state index contributed by atoms with van der Waals surface area (Å²) < 4.78 is 13.3. The molecule has 0 saturated carbocycles. The van der Waals surface area contributed by atoms with Gasteiger partial charge in [0, 0.05) is 29.5 Å². The number of amides is 1. The fourth-order valence-electron chi connectivity index (χ4n) is 3.49. The third-order valence-corrected chi connectivity index (χ3v) is 5.17. The fraction of sp³-hybridized carbons (Fsp3) is 0.0870. The molecule has 3 aromatic rings. The molecular formula is C23H16ClFN2O3. The van der Waals surface area contributed by atoms with Gasteiger partial charge >= 0.3 is 0 Å². The Morgan fingerprint density at radius 3 is 2.40 bits per heavy atom. The van der Waals surface area contributed by atoms with Crippen molar-refractivity contribution in [2.24, 2.45) is 0 Å². The van der Waals surface area contributed by atoms with Crippen molar-refractivity contribution in [2.45, 2.75) is 12.6 Å². The zero-order chi connectivity index (χ0) is 21.3. The minimum atomic E-state index is -0.826. The van der Waals surface area contributed by atoms with Crippen LogP contribution in [-0.4, -0.2) is 26.7 Å². The Bertz CT molecular complexity index is 1130. The monoisotopic (exact) mass is 422 g/mol. The summed E-state index contributed by atoms with van der Waals surface area (Å²) in [7, 11) is 0. The van der Waals surface area contributed by atoms with Gasteiger partial charge in [-0.2, -0.15) is 0 Å². The van der Waals surface area contributed by atoms with Crippen LogP contribution < -0.4 is 0 Å². The highest BCUT2D eigenvalue weighted by Gasteiger charge is 2.46. The number of hydrogen-bond donors (Lipinski definition) is 1. The molecule has 5 nitrogen and oxygen atoms in total. The van der Waals surface area contributed by atoms with E-state index in [1.165, 1.54) is 29.2 Å².